The van der Waals surface area contributed by atoms with E-state index in [1.165, 1.54) is 5.56 Å². The van der Waals surface area contributed by atoms with Crippen LogP contribution in [0.5, 0.6) is 0 Å². The van der Waals surface area contributed by atoms with Crippen LogP contribution in [0.1, 0.15) is 18.0 Å². The van der Waals surface area contributed by atoms with Gasteiger partial charge in [0, 0.05) is 6.42 Å². The maximum atomic E-state index is 5.75. The zero-order valence-electron chi connectivity index (χ0n) is 10.1. The molecule has 0 saturated carbocycles. The fourth-order valence-electron chi connectivity index (χ4n) is 2.27. The Kier molecular flexibility index (Phi) is 2.77. The minimum Gasteiger partial charge on any atom is -0.384 e. The van der Waals surface area contributed by atoms with E-state index in [9.17, 15) is 0 Å². The number of nitrogens with zero attached hydrogens (tertiary/aromatic N) is 1. The van der Waals surface area contributed by atoms with Crippen LogP contribution in [-0.4, -0.2) is 0 Å². The molecule has 0 aromatic heterocycles. The largest absolute Gasteiger partial charge is 0.384 e. The van der Waals surface area contributed by atoms with Gasteiger partial charge in [-0.25, -0.2) is 5.06 Å². The molecule has 1 heterocycles. The van der Waals surface area contributed by atoms with Gasteiger partial charge in [0.15, 0.2) is 0 Å². The summed E-state index contributed by atoms with van der Waals surface area (Å²) < 4.78 is 0. The Morgan fingerprint density at radius 2 is 1.56 bits per heavy atom. The molecular formula is C16H15NO. The molecule has 1 saturated heterocycles. The van der Waals surface area contributed by atoms with E-state index >= 15 is 0 Å². The highest BCUT2D eigenvalue weighted by Gasteiger charge is 2.30. The highest BCUT2D eigenvalue weighted by Crippen LogP contribution is 2.38. The molecule has 2 aromatic rings. The van der Waals surface area contributed by atoms with Crippen molar-refractivity contribution in [3.63, 3.8) is 0 Å². The molecule has 1 fully saturated rings. The fourth-order valence-corrected chi connectivity index (χ4v) is 2.27. The van der Waals surface area contributed by atoms with E-state index in [4.69, 9.17) is 4.84 Å². The summed E-state index contributed by atoms with van der Waals surface area (Å²) in [5.41, 5.74) is 2.31. The molecule has 2 aromatic carbocycles. The minimum atomic E-state index is 0.209. The number of para-hydroxylation sites is 1. The van der Waals surface area contributed by atoms with Crippen LogP contribution in [0, 0.1) is 0 Å². The summed E-state index contributed by atoms with van der Waals surface area (Å²) in [6, 6.07) is 20.7. The number of hydrogen-bond donors (Lipinski definition) is 0. The summed E-state index contributed by atoms with van der Waals surface area (Å²) in [7, 11) is 0. The lowest BCUT2D eigenvalue weighted by atomic mass is 10.0. The van der Waals surface area contributed by atoms with Crippen molar-refractivity contribution >= 4 is 5.69 Å². The smallest absolute Gasteiger partial charge is 0.127 e. The van der Waals surface area contributed by atoms with Gasteiger partial charge < -0.3 is 4.84 Å². The summed E-state index contributed by atoms with van der Waals surface area (Å²) in [6.45, 7) is 3.94. The van der Waals surface area contributed by atoms with Gasteiger partial charge in [-0.3, -0.25) is 0 Å². The van der Waals surface area contributed by atoms with Crippen LogP contribution in [-0.2, 0) is 4.84 Å². The molecule has 1 unspecified atom stereocenters. The van der Waals surface area contributed by atoms with Crippen LogP contribution < -0.4 is 5.06 Å². The maximum Gasteiger partial charge on any atom is 0.127 e. The van der Waals surface area contributed by atoms with Crippen molar-refractivity contribution in [3.05, 3.63) is 78.6 Å². The standard InChI is InChI=1S/C16H15NO/c1-13-12-16(14-8-4-2-5-9-14)17(18-13)15-10-6-3-7-11-15/h2-11,16H,1,12H2. The number of hydroxylamine groups is 1. The maximum absolute atomic E-state index is 5.75. The zero-order valence-corrected chi connectivity index (χ0v) is 10.1. The Hall–Kier alpha value is -2.22. The van der Waals surface area contributed by atoms with Gasteiger partial charge in [-0.2, -0.15) is 0 Å². The van der Waals surface area contributed by atoms with E-state index in [-0.39, 0.29) is 6.04 Å². The van der Waals surface area contributed by atoms with E-state index in [0.29, 0.717) is 0 Å². The summed E-state index contributed by atoms with van der Waals surface area (Å²) in [4.78, 5) is 5.75. The van der Waals surface area contributed by atoms with Gasteiger partial charge in [-0.05, 0) is 17.7 Å². The van der Waals surface area contributed by atoms with Crippen molar-refractivity contribution in [2.75, 3.05) is 5.06 Å². The van der Waals surface area contributed by atoms with E-state index in [2.05, 4.69) is 43.0 Å². The molecule has 2 heteroatoms. The topological polar surface area (TPSA) is 12.5 Å². The van der Waals surface area contributed by atoms with Crippen LogP contribution in [0.4, 0.5) is 5.69 Å². The quantitative estimate of drug-likeness (QED) is 0.780. The lowest BCUT2D eigenvalue weighted by Gasteiger charge is -2.24. The molecule has 1 aliphatic rings. The van der Waals surface area contributed by atoms with Gasteiger partial charge >= 0.3 is 0 Å². The van der Waals surface area contributed by atoms with Crippen molar-refractivity contribution in [2.45, 2.75) is 12.5 Å². The van der Waals surface area contributed by atoms with Crippen molar-refractivity contribution < 1.29 is 4.84 Å². The van der Waals surface area contributed by atoms with Crippen molar-refractivity contribution in [1.82, 2.24) is 0 Å². The molecule has 1 aliphatic heterocycles. The Morgan fingerprint density at radius 1 is 0.944 bits per heavy atom. The average molecular weight is 237 g/mol. The van der Waals surface area contributed by atoms with Crippen LogP contribution in [0.2, 0.25) is 0 Å². The molecule has 0 aliphatic carbocycles. The summed E-state index contributed by atoms with van der Waals surface area (Å²) in [6.07, 6.45) is 0.832. The van der Waals surface area contributed by atoms with Crippen molar-refractivity contribution in [1.29, 1.82) is 0 Å². The molecule has 3 rings (SSSR count). The predicted molar refractivity (Wildman–Crippen MR) is 72.9 cm³/mol. The summed E-state index contributed by atoms with van der Waals surface area (Å²) in [5, 5.41) is 1.94. The third kappa shape index (κ3) is 1.97. The molecule has 0 bridgehead atoms. The first-order valence-corrected chi connectivity index (χ1v) is 6.09. The second-order valence-corrected chi connectivity index (χ2v) is 4.42. The number of anilines is 1. The van der Waals surface area contributed by atoms with Crippen molar-refractivity contribution in [2.24, 2.45) is 0 Å². The van der Waals surface area contributed by atoms with Gasteiger partial charge in [0.05, 0.1) is 11.7 Å². The highest BCUT2D eigenvalue weighted by atomic mass is 16.7. The van der Waals surface area contributed by atoms with E-state index in [0.717, 1.165) is 17.9 Å². The average Bonchev–Trinajstić information content (AvgIpc) is 2.83. The fraction of sp³-hybridized carbons (Fsp3) is 0.125. The zero-order chi connectivity index (χ0) is 12.4. The van der Waals surface area contributed by atoms with E-state index in [1.807, 2.05) is 29.3 Å². The lowest BCUT2D eigenvalue weighted by Crippen LogP contribution is -2.20. The first-order chi connectivity index (χ1) is 8.84. The first-order valence-electron chi connectivity index (χ1n) is 6.09. The molecule has 0 radical (unpaired) electrons. The Balaban J connectivity index is 1.96. The Labute approximate surface area is 107 Å². The van der Waals surface area contributed by atoms with Gasteiger partial charge in [0.1, 0.15) is 5.76 Å². The molecule has 18 heavy (non-hydrogen) atoms. The molecule has 90 valence electrons. The molecule has 0 amide bonds. The Bertz CT molecular complexity index is 486. The summed E-state index contributed by atoms with van der Waals surface area (Å²) in [5.74, 6) is 0.813. The molecule has 1 atom stereocenters. The Morgan fingerprint density at radius 3 is 2.22 bits per heavy atom. The van der Waals surface area contributed by atoms with E-state index < -0.39 is 0 Å². The minimum absolute atomic E-state index is 0.209. The SMILES string of the molecule is C=C1CC(c2ccccc2)N(c2ccccc2)O1. The van der Waals surface area contributed by atoms with Crippen molar-refractivity contribution in [3.8, 4) is 0 Å². The third-order valence-electron chi connectivity index (χ3n) is 3.13. The van der Waals surface area contributed by atoms with Crippen LogP contribution in [0.15, 0.2) is 73.0 Å². The van der Waals surface area contributed by atoms with Crippen LogP contribution in [0.3, 0.4) is 0 Å². The van der Waals surface area contributed by atoms with Gasteiger partial charge in [-0.1, -0.05) is 55.1 Å². The number of rotatable bonds is 2. The molecule has 0 N–H and O–H groups in total. The molecular weight excluding hydrogens is 222 g/mol. The first kappa shape index (κ1) is 10.9. The van der Waals surface area contributed by atoms with Crippen LogP contribution in [0.25, 0.3) is 0 Å². The molecule has 2 nitrogen and oxygen atoms in total. The second kappa shape index (κ2) is 4.57. The van der Waals surface area contributed by atoms with Crippen LogP contribution >= 0.6 is 0 Å². The number of benzene rings is 2. The van der Waals surface area contributed by atoms with E-state index in [1.54, 1.807) is 0 Å². The second-order valence-electron chi connectivity index (χ2n) is 4.42. The van der Waals surface area contributed by atoms with Gasteiger partial charge in [0.25, 0.3) is 0 Å². The normalized spacial score (nSPS) is 18.8. The molecule has 0 spiro atoms. The van der Waals surface area contributed by atoms with Gasteiger partial charge in [0.2, 0.25) is 0 Å². The summed E-state index contributed by atoms with van der Waals surface area (Å²) >= 11 is 0. The third-order valence-corrected chi connectivity index (χ3v) is 3.13. The predicted octanol–water partition coefficient (Wildman–Crippen LogP) is 4.08. The van der Waals surface area contributed by atoms with Gasteiger partial charge in [-0.15, -0.1) is 0 Å². The lowest BCUT2D eigenvalue weighted by molar-refractivity contribution is 0.215. The highest BCUT2D eigenvalue weighted by molar-refractivity contribution is 5.48. The monoisotopic (exact) mass is 237 g/mol. The number of hydrogen-bond acceptors (Lipinski definition) is 2.